The third kappa shape index (κ3) is 7.10. The summed E-state index contributed by atoms with van der Waals surface area (Å²) < 4.78 is 6.80. The first-order chi connectivity index (χ1) is 17.0. The van der Waals surface area contributed by atoms with Crippen LogP contribution in [-0.4, -0.2) is 36.3 Å². The molecule has 212 valence electrons. The second-order valence-electron chi connectivity index (χ2n) is 15.1. The van der Waals surface area contributed by atoms with Crippen LogP contribution in [0.3, 0.4) is 0 Å². The molecule has 3 saturated carbocycles. The minimum atomic E-state index is -1.77. The molecule has 3 aliphatic carbocycles. The quantitative estimate of drug-likeness (QED) is 0.308. The second-order valence-corrected chi connectivity index (χ2v) is 19.9. The summed E-state index contributed by atoms with van der Waals surface area (Å²) >= 11 is 0. The van der Waals surface area contributed by atoms with Crippen LogP contribution in [0.15, 0.2) is 35.5 Å². The molecule has 3 rings (SSSR count). The molecule has 0 bridgehead atoms. The van der Waals surface area contributed by atoms with Gasteiger partial charge in [0.15, 0.2) is 8.32 Å². The van der Waals surface area contributed by atoms with Crippen molar-refractivity contribution < 1.29 is 14.6 Å². The number of allylic oxidation sites excluding steroid dienone is 4. The van der Waals surface area contributed by atoms with Gasteiger partial charge >= 0.3 is 0 Å². The highest BCUT2D eigenvalue weighted by molar-refractivity contribution is 6.74. The molecule has 3 fully saturated rings. The monoisotopic (exact) mass is 530 g/mol. The molecule has 0 spiro atoms. The van der Waals surface area contributed by atoms with E-state index in [1.807, 2.05) is 0 Å². The van der Waals surface area contributed by atoms with Crippen molar-refractivity contribution in [1.29, 1.82) is 0 Å². The number of fused-ring (bicyclic) bond motifs is 1. The molecule has 0 aromatic carbocycles. The molecular weight excluding hydrogens is 472 g/mol. The summed E-state index contributed by atoms with van der Waals surface area (Å²) in [5.41, 5.74) is 3.67. The number of rotatable bonds is 8. The minimum absolute atomic E-state index is 0.238. The van der Waals surface area contributed by atoms with Gasteiger partial charge in [-0.15, -0.1) is 0 Å². The van der Waals surface area contributed by atoms with Crippen LogP contribution in [0.5, 0.6) is 0 Å². The summed E-state index contributed by atoms with van der Waals surface area (Å²) in [6, 6.07) is 0. The predicted octanol–water partition coefficient (Wildman–Crippen LogP) is 8.73. The maximum Gasteiger partial charge on any atom is 0.192 e. The smallest absolute Gasteiger partial charge is 0.192 e. The van der Waals surface area contributed by atoms with Crippen molar-refractivity contribution in [2.45, 2.75) is 149 Å². The van der Waals surface area contributed by atoms with E-state index >= 15 is 0 Å². The standard InChI is InChI=1S/C33H58O3Si/c1-23-13-17-27(36-37(9,10)31(3,4)5)22-26(23)16-15-25-12-11-21-33(8)28(18-19-29(25)33)24(2)14-20-30(34)32(6,7)35/h15-16,24,27-30,34-35H,1,11-14,17-22H2,2-10H3/t24-,27+,28-,29?,30-,33-/m1/s1. The zero-order chi connectivity index (χ0) is 27.8. The maximum atomic E-state index is 10.4. The first-order valence-electron chi connectivity index (χ1n) is 15.1. The van der Waals surface area contributed by atoms with E-state index in [-0.39, 0.29) is 5.04 Å². The van der Waals surface area contributed by atoms with Gasteiger partial charge in [0.1, 0.15) is 0 Å². The second kappa shape index (κ2) is 11.4. The average Bonchev–Trinajstić information content (AvgIpc) is 3.13. The molecule has 1 unspecified atom stereocenters. The van der Waals surface area contributed by atoms with Crippen molar-refractivity contribution in [1.82, 2.24) is 0 Å². The molecule has 0 radical (unpaired) electrons. The average molecular weight is 531 g/mol. The molecule has 3 aliphatic rings. The highest BCUT2D eigenvalue weighted by Crippen LogP contribution is 2.60. The van der Waals surface area contributed by atoms with Crippen LogP contribution >= 0.6 is 0 Å². The lowest BCUT2D eigenvalue weighted by Gasteiger charge is -2.44. The van der Waals surface area contributed by atoms with Gasteiger partial charge in [0.2, 0.25) is 0 Å². The Labute approximate surface area is 230 Å². The summed E-state index contributed by atoms with van der Waals surface area (Å²) in [5.74, 6) is 1.92. The SMILES string of the molecule is C=C1CC[C@H](O[Si](C)(C)C(C)(C)C)CC1=CC=C1CCC[C@@]2(C)C1CC[C@@H]2[C@H](C)CC[C@@H](O)C(C)(C)O. The molecule has 0 aliphatic heterocycles. The molecule has 0 heterocycles. The van der Waals surface area contributed by atoms with E-state index in [1.165, 1.54) is 43.3 Å². The van der Waals surface area contributed by atoms with Gasteiger partial charge < -0.3 is 14.6 Å². The van der Waals surface area contributed by atoms with E-state index < -0.39 is 20.0 Å². The Hall–Kier alpha value is -0.683. The largest absolute Gasteiger partial charge is 0.414 e. The highest BCUT2D eigenvalue weighted by Gasteiger charge is 2.50. The number of hydrogen-bond acceptors (Lipinski definition) is 3. The lowest BCUT2D eigenvalue weighted by molar-refractivity contribution is -0.0554. The topological polar surface area (TPSA) is 49.7 Å². The maximum absolute atomic E-state index is 10.4. The fourth-order valence-corrected chi connectivity index (χ4v) is 8.65. The van der Waals surface area contributed by atoms with Crippen molar-refractivity contribution in [2.75, 3.05) is 0 Å². The molecular formula is C33H58O3Si. The Kier molecular flexibility index (Phi) is 9.53. The van der Waals surface area contributed by atoms with Crippen LogP contribution in [-0.2, 0) is 4.43 Å². The van der Waals surface area contributed by atoms with Crippen molar-refractivity contribution in [3.63, 3.8) is 0 Å². The molecule has 0 aromatic rings. The van der Waals surface area contributed by atoms with E-state index in [9.17, 15) is 10.2 Å². The van der Waals surface area contributed by atoms with E-state index in [0.717, 1.165) is 25.7 Å². The molecule has 6 atom stereocenters. The van der Waals surface area contributed by atoms with Gasteiger partial charge in [0.25, 0.3) is 0 Å². The summed E-state index contributed by atoms with van der Waals surface area (Å²) in [6.45, 7) is 24.5. The van der Waals surface area contributed by atoms with Crippen molar-refractivity contribution in [3.05, 3.63) is 35.5 Å². The van der Waals surface area contributed by atoms with Crippen LogP contribution in [0.1, 0.15) is 113 Å². The van der Waals surface area contributed by atoms with Crippen molar-refractivity contribution in [2.24, 2.45) is 23.2 Å². The fraction of sp³-hybridized carbons (Fsp3) is 0.818. The molecule has 0 saturated heterocycles. The molecule has 4 heteroatoms. The first-order valence-corrected chi connectivity index (χ1v) is 18.0. The Morgan fingerprint density at radius 2 is 1.76 bits per heavy atom. The van der Waals surface area contributed by atoms with Gasteiger partial charge in [-0.05, 0) is 125 Å². The van der Waals surface area contributed by atoms with Crippen LogP contribution in [0.25, 0.3) is 0 Å². The zero-order valence-corrected chi connectivity index (χ0v) is 26.6. The van der Waals surface area contributed by atoms with E-state index in [2.05, 4.69) is 66.4 Å². The van der Waals surface area contributed by atoms with Crippen LogP contribution in [0, 0.1) is 23.2 Å². The Balaban J connectivity index is 1.70. The first kappa shape index (κ1) is 30.9. The van der Waals surface area contributed by atoms with Gasteiger partial charge in [-0.1, -0.05) is 64.5 Å². The predicted molar refractivity (Wildman–Crippen MR) is 160 cm³/mol. The number of aliphatic hydroxyl groups excluding tert-OH is 1. The lowest BCUT2D eigenvalue weighted by Crippen LogP contribution is -2.44. The number of hydrogen-bond donors (Lipinski definition) is 2. The van der Waals surface area contributed by atoms with Crippen molar-refractivity contribution in [3.8, 4) is 0 Å². The summed E-state index contributed by atoms with van der Waals surface area (Å²) in [7, 11) is -1.77. The summed E-state index contributed by atoms with van der Waals surface area (Å²) in [5, 5.41) is 20.8. The summed E-state index contributed by atoms with van der Waals surface area (Å²) in [6.07, 6.45) is 15.7. The fourth-order valence-electron chi connectivity index (χ4n) is 7.26. The van der Waals surface area contributed by atoms with Crippen molar-refractivity contribution >= 4 is 8.32 Å². The third-order valence-electron chi connectivity index (χ3n) is 10.9. The normalized spacial score (nSPS) is 33.6. The molecule has 37 heavy (non-hydrogen) atoms. The van der Waals surface area contributed by atoms with Gasteiger partial charge in [0, 0.05) is 6.10 Å². The van der Waals surface area contributed by atoms with Gasteiger partial charge in [-0.3, -0.25) is 0 Å². The van der Waals surface area contributed by atoms with Gasteiger partial charge in [-0.2, -0.15) is 0 Å². The van der Waals surface area contributed by atoms with Gasteiger partial charge in [-0.25, -0.2) is 0 Å². The Morgan fingerprint density at radius 1 is 1.08 bits per heavy atom. The highest BCUT2D eigenvalue weighted by atomic mass is 28.4. The zero-order valence-electron chi connectivity index (χ0n) is 25.6. The van der Waals surface area contributed by atoms with Crippen LogP contribution in [0.2, 0.25) is 18.1 Å². The number of aliphatic hydroxyl groups is 2. The van der Waals surface area contributed by atoms with Gasteiger partial charge in [0.05, 0.1) is 11.7 Å². The Morgan fingerprint density at radius 3 is 2.38 bits per heavy atom. The van der Waals surface area contributed by atoms with E-state index in [1.54, 1.807) is 19.4 Å². The Bertz CT molecular complexity index is 871. The molecule has 3 nitrogen and oxygen atoms in total. The molecule has 0 aromatic heterocycles. The van der Waals surface area contributed by atoms with E-state index in [4.69, 9.17) is 4.43 Å². The minimum Gasteiger partial charge on any atom is -0.414 e. The van der Waals surface area contributed by atoms with Crippen LogP contribution < -0.4 is 0 Å². The molecule has 2 N–H and O–H groups in total. The third-order valence-corrected chi connectivity index (χ3v) is 15.4. The summed E-state index contributed by atoms with van der Waals surface area (Å²) in [4.78, 5) is 0. The lowest BCUT2D eigenvalue weighted by atomic mass is 9.60. The van der Waals surface area contributed by atoms with E-state index in [0.29, 0.717) is 35.7 Å². The molecule has 0 amide bonds. The van der Waals surface area contributed by atoms with Crippen LogP contribution in [0.4, 0.5) is 0 Å².